The average Bonchev–Trinajstić information content (AvgIpc) is 3.35. The van der Waals surface area contributed by atoms with Gasteiger partial charge in [0.1, 0.15) is 18.0 Å². The van der Waals surface area contributed by atoms with Crippen LogP contribution in [0, 0.1) is 12.3 Å². The number of aromatic amines is 1. The van der Waals surface area contributed by atoms with Crippen LogP contribution in [0.5, 0.6) is 0 Å². The fourth-order valence-electron chi connectivity index (χ4n) is 1.43. The maximum Gasteiger partial charge on any atom is 0.137 e. The van der Waals surface area contributed by atoms with Crippen LogP contribution in [0.2, 0.25) is 0 Å². The Balaban J connectivity index is 0. The van der Waals surface area contributed by atoms with Gasteiger partial charge in [-0.05, 0) is 34.6 Å². The number of H-pyrrole nitrogens is 1. The molecule has 0 amide bonds. The van der Waals surface area contributed by atoms with Crippen molar-refractivity contribution in [2.24, 2.45) is 26.6 Å². The van der Waals surface area contributed by atoms with E-state index in [1.54, 1.807) is 0 Å². The summed E-state index contributed by atoms with van der Waals surface area (Å²) in [6.07, 6.45) is 1.48. The molecule has 0 aliphatic carbocycles. The molecule has 0 bridgehead atoms. The largest absolute Gasteiger partial charge is 0.409 e. The Kier molecular flexibility index (Phi) is 16.7. The Bertz CT molecular complexity index is 600. The van der Waals surface area contributed by atoms with Crippen LogP contribution in [-0.4, -0.2) is 81.9 Å². The van der Waals surface area contributed by atoms with Crippen LogP contribution >= 0.6 is 0 Å². The fourth-order valence-corrected chi connectivity index (χ4v) is 1.43. The van der Waals surface area contributed by atoms with Crippen LogP contribution in [0.25, 0.3) is 0 Å². The molecule has 160 valence electrons. The lowest BCUT2D eigenvalue weighted by Gasteiger charge is -2.07. The van der Waals surface area contributed by atoms with E-state index >= 15 is 0 Å². The summed E-state index contributed by atoms with van der Waals surface area (Å²) in [6.45, 7) is 13.0. The summed E-state index contributed by atoms with van der Waals surface area (Å²) in [5, 5.41) is 25.8. The summed E-state index contributed by atoms with van der Waals surface area (Å²) >= 11 is 0. The van der Waals surface area contributed by atoms with Gasteiger partial charge >= 0.3 is 0 Å². The first-order valence-electron chi connectivity index (χ1n) is 8.63. The number of nitrogens with one attached hydrogen (secondary N) is 3. The molecule has 0 radical (unpaired) electrons. The van der Waals surface area contributed by atoms with Crippen molar-refractivity contribution in [3.8, 4) is 0 Å². The monoisotopic (exact) mass is 397 g/mol. The number of oxime groups is 1. The quantitative estimate of drug-likeness (QED) is 0.155. The molecule has 2 aliphatic heterocycles. The van der Waals surface area contributed by atoms with E-state index in [-0.39, 0.29) is 11.7 Å². The molecule has 1 aromatic heterocycles. The second kappa shape index (κ2) is 17.2. The highest BCUT2D eigenvalue weighted by Gasteiger charge is 2.04. The van der Waals surface area contributed by atoms with Crippen molar-refractivity contribution in [3.63, 3.8) is 0 Å². The van der Waals surface area contributed by atoms with Gasteiger partial charge in [-0.15, -0.1) is 0 Å². The van der Waals surface area contributed by atoms with Gasteiger partial charge in [0, 0.05) is 20.1 Å². The predicted octanol–water partition coefficient (Wildman–Crippen LogP) is 0.166. The number of nitrogens with zero attached hydrogens (tertiary/aromatic N) is 6. The fraction of sp³-hybridized carbons (Fsp3) is 0.625. The molecule has 0 fully saturated rings. The third-order valence-corrected chi connectivity index (χ3v) is 2.86. The van der Waals surface area contributed by atoms with E-state index in [0.29, 0.717) is 0 Å². The van der Waals surface area contributed by atoms with Gasteiger partial charge in [-0.3, -0.25) is 20.5 Å². The van der Waals surface area contributed by atoms with Crippen LogP contribution < -0.4 is 16.8 Å². The second-order valence-corrected chi connectivity index (χ2v) is 5.74. The van der Waals surface area contributed by atoms with Gasteiger partial charge in [-0.25, -0.2) is 4.98 Å². The molecule has 0 saturated heterocycles. The molecule has 28 heavy (non-hydrogen) atoms. The van der Waals surface area contributed by atoms with Gasteiger partial charge < -0.3 is 26.9 Å². The normalized spacial score (nSPS) is 14.2. The van der Waals surface area contributed by atoms with Crippen LogP contribution in [-0.2, 0) is 0 Å². The maximum atomic E-state index is 7.61. The summed E-state index contributed by atoms with van der Waals surface area (Å²) in [7, 11) is 2.06. The number of rotatable bonds is 0. The maximum absolute atomic E-state index is 7.61. The Hall–Kier alpha value is -3.18. The lowest BCUT2D eigenvalue weighted by molar-refractivity contribution is 0.318. The van der Waals surface area contributed by atoms with E-state index in [1.807, 2.05) is 20.8 Å². The molecular formula is C16H35N11O. The lowest BCUT2D eigenvalue weighted by Crippen LogP contribution is -2.19. The molecule has 3 rings (SSSR count). The van der Waals surface area contributed by atoms with Gasteiger partial charge in [-0.1, -0.05) is 5.16 Å². The van der Waals surface area contributed by atoms with Gasteiger partial charge in [0.25, 0.3) is 0 Å². The zero-order valence-corrected chi connectivity index (χ0v) is 17.7. The van der Waals surface area contributed by atoms with E-state index in [1.165, 1.54) is 26.0 Å². The number of aromatic nitrogens is 3. The average molecular weight is 398 g/mol. The van der Waals surface area contributed by atoms with E-state index < -0.39 is 0 Å². The minimum Gasteiger partial charge on any atom is -0.409 e. The van der Waals surface area contributed by atoms with E-state index in [2.05, 4.69) is 47.6 Å². The highest BCUT2D eigenvalue weighted by atomic mass is 16.4. The summed E-state index contributed by atoms with van der Waals surface area (Å²) < 4.78 is 0. The summed E-state index contributed by atoms with van der Waals surface area (Å²) in [5.74, 6) is 3.45. The number of amidine groups is 4. The summed E-state index contributed by atoms with van der Waals surface area (Å²) in [4.78, 5) is 14.1. The number of aryl methyl sites for hydroxylation is 1. The molecule has 12 heteroatoms. The number of hydrogen-bond acceptors (Lipinski definition) is 9. The molecule has 0 atom stereocenters. The van der Waals surface area contributed by atoms with Gasteiger partial charge in [0.15, 0.2) is 0 Å². The lowest BCUT2D eigenvalue weighted by atomic mass is 10.6. The smallest absolute Gasteiger partial charge is 0.137 e. The molecule has 0 spiro atoms. The molecular weight excluding hydrogens is 362 g/mol. The standard InChI is InChI=1S/C5H10N2.C4H8N2.C3H5N3.C2H6N2O.C2H6N2/c1-5-6-3-4-7(5)2;1-4-5-2-3-6-4;1-3-4-2-5-6-3;1-2(3)4-5;1-2(3)4/h3-4H2,1-2H3;2-3H2,1H3,(H,5,6);2H,1H3,(H,4,5,6);5H,1H3,(H2,3,4);1H3,(H3,3,4). The molecule has 3 heterocycles. The van der Waals surface area contributed by atoms with E-state index in [0.717, 1.165) is 37.8 Å². The molecule has 0 saturated carbocycles. The first-order valence-corrected chi connectivity index (χ1v) is 8.63. The highest BCUT2D eigenvalue weighted by molar-refractivity contribution is 5.81. The Labute approximate surface area is 166 Å². The Morgan fingerprint density at radius 3 is 1.89 bits per heavy atom. The van der Waals surface area contributed by atoms with Gasteiger partial charge in [0.2, 0.25) is 0 Å². The predicted molar refractivity (Wildman–Crippen MR) is 114 cm³/mol. The number of nitrogens with two attached hydrogens (primary N) is 2. The molecule has 2 aliphatic rings. The number of hydrogen-bond donors (Lipinski definition) is 6. The van der Waals surface area contributed by atoms with Crippen molar-refractivity contribution in [2.45, 2.75) is 34.6 Å². The van der Waals surface area contributed by atoms with Gasteiger partial charge in [0.05, 0.1) is 30.6 Å². The minimum absolute atomic E-state index is 0.167. The zero-order valence-electron chi connectivity index (χ0n) is 17.7. The van der Waals surface area contributed by atoms with Crippen molar-refractivity contribution in [1.29, 1.82) is 5.41 Å². The third kappa shape index (κ3) is 20.9. The first kappa shape index (κ1) is 27.0. The first-order chi connectivity index (χ1) is 13.1. The second-order valence-electron chi connectivity index (χ2n) is 5.74. The molecule has 12 nitrogen and oxygen atoms in total. The Morgan fingerprint density at radius 1 is 1.21 bits per heavy atom. The van der Waals surface area contributed by atoms with Crippen LogP contribution in [0.4, 0.5) is 0 Å². The molecule has 0 aromatic carbocycles. The Morgan fingerprint density at radius 2 is 1.79 bits per heavy atom. The number of aliphatic imine (C=N–C) groups is 2. The van der Waals surface area contributed by atoms with Crippen molar-refractivity contribution >= 4 is 23.3 Å². The minimum atomic E-state index is 0.167. The summed E-state index contributed by atoms with van der Waals surface area (Å²) in [5.41, 5.74) is 9.49. The van der Waals surface area contributed by atoms with Crippen LogP contribution in [0.3, 0.4) is 0 Å². The SMILES string of the molecule is C/C(N)=N/O.CC(=N)N.CC1=NCCN1.CC1=NCCN1C.Cc1ncn[nH]1. The topological polar surface area (TPSA) is 190 Å². The molecule has 1 aromatic rings. The molecule has 8 N–H and O–H groups in total. The van der Waals surface area contributed by atoms with E-state index in [4.69, 9.17) is 22.1 Å². The third-order valence-electron chi connectivity index (χ3n) is 2.86. The van der Waals surface area contributed by atoms with Crippen molar-refractivity contribution in [3.05, 3.63) is 12.2 Å². The van der Waals surface area contributed by atoms with Gasteiger partial charge in [-0.2, -0.15) is 5.10 Å². The van der Waals surface area contributed by atoms with Crippen molar-refractivity contribution in [1.82, 2.24) is 25.4 Å². The van der Waals surface area contributed by atoms with Crippen LogP contribution in [0.1, 0.15) is 33.5 Å². The molecule has 0 unspecified atom stereocenters. The number of likely N-dealkylation sites (N-methyl/N-ethyl adjacent to an activating group) is 1. The van der Waals surface area contributed by atoms with Crippen molar-refractivity contribution < 1.29 is 5.21 Å². The van der Waals surface area contributed by atoms with Crippen LogP contribution in [0.15, 0.2) is 21.5 Å². The van der Waals surface area contributed by atoms with E-state index in [9.17, 15) is 0 Å². The highest BCUT2D eigenvalue weighted by Crippen LogP contribution is 1.94. The van der Waals surface area contributed by atoms with Crippen molar-refractivity contribution in [2.75, 3.05) is 33.2 Å². The summed E-state index contributed by atoms with van der Waals surface area (Å²) in [6, 6.07) is 0. The zero-order chi connectivity index (χ0) is 21.9.